The Morgan fingerprint density at radius 3 is 1.68 bits per heavy atom. The van der Waals surface area contributed by atoms with Gasteiger partial charge in [0.05, 0.1) is 0 Å². The number of rotatable bonds is 4. The van der Waals surface area contributed by atoms with Crippen molar-refractivity contribution in [3.8, 4) is 33.4 Å². The van der Waals surface area contributed by atoms with Gasteiger partial charge in [-0.3, -0.25) is 0 Å². The molecule has 0 nitrogen and oxygen atoms in total. The van der Waals surface area contributed by atoms with E-state index in [2.05, 4.69) is 151 Å². The van der Waals surface area contributed by atoms with Crippen LogP contribution >= 0.6 is 0 Å². The Bertz CT molecular complexity index is 1920. The van der Waals surface area contributed by atoms with Crippen LogP contribution in [0.1, 0.15) is 75.6 Å². The van der Waals surface area contributed by atoms with E-state index in [0.717, 1.165) is 0 Å². The molecule has 0 radical (unpaired) electrons. The van der Waals surface area contributed by atoms with E-state index < -0.39 is 0 Å². The molecular formula is C41H38. The molecule has 0 unspecified atom stereocenters. The van der Waals surface area contributed by atoms with Crippen LogP contribution in [0.25, 0.3) is 54.9 Å². The predicted molar refractivity (Wildman–Crippen MR) is 178 cm³/mol. The average Bonchev–Trinajstić information content (AvgIpc) is 3.21. The first-order chi connectivity index (χ1) is 19.7. The van der Waals surface area contributed by atoms with Crippen molar-refractivity contribution in [3.05, 3.63) is 131 Å². The molecule has 0 fully saturated rings. The zero-order chi connectivity index (χ0) is 28.5. The third-order valence-electron chi connectivity index (χ3n) is 9.40. The van der Waals surface area contributed by atoms with Crippen LogP contribution in [0.2, 0.25) is 0 Å². The molecule has 41 heavy (non-hydrogen) atoms. The fraction of sp³-hybridized carbons (Fsp3) is 0.220. The summed E-state index contributed by atoms with van der Waals surface area (Å²) in [5.41, 5.74) is 13.5. The lowest BCUT2D eigenvalue weighted by Crippen LogP contribution is -2.14. The van der Waals surface area contributed by atoms with E-state index in [1.165, 1.54) is 77.2 Å². The van der Waals surface area contributed by atoms with Crippen LogP contribution in [0.5, 0.6) is 0 Å². The molecule has 0 heterocycles. The van der Waals surface area contributed by atoms with Crippen molar-refractivity contribution in [1.82, 2.24) is 0 Å². The summed E-state index contributed by atoms with van der Waals surface area (Å²) in [6.07, 6.45) is 0. The van der Waals surface area contributed by atoms with Gasteiger partial charge in [0.15, 0.2) is 0 Å². The van der Waals surface area contributed by atoms with Gasteiger partial charge >= 0.3 is 0 Å². The highest BCUT2D eigenvalue weighted by Gasteiger charge is 2.35. The standard InChI is InChI=1S/C41H38/c1-25(2)32-19-33(26(3)4)21-34(20-32)28-13-11-27(12-14-28)30-17-15-29-16-18-31-23-38-35-9-7-8-10-39(35)41(5,6)40(38)24-37(31)36(29)22-30/h7-26H,1-6H3. The van der Waals surface area contributed by atoms with Crippen molar-refractivity contribution in [2.45, 2.75) is 58.8 Å². The molecule has 0 saturated carbocycles. The summed E-state index contributed by atoms with van der Waals surface area (Å²) < 4.78 is 0. The quantitative estimate of drug-likeness (QED) is 0.199. The first-order valence-electron chi connectivity index (χ1n) is 15.1. The van der Waals surface area contributed by atoms with Crippen molar-refractivity contribution in [2.24, 2.45) is 0 Å². The molecule has 7 rings (SSSR count). The summed E-state index contributed by atoms with van der Waals surface area (Å²) in [4.78, 5) is 0. The van der Waals surface area contributed by atoms with Crippen molar-refractivity contribution in [2.75, 3.05) is 0 Å². The van der Waals surface area contributed by atoms with E-state index in [-0.39, 0.29) is 5.41 Å². The minimum atomic E-state index is -0.00195. The Kier molecular flexibility index (Phi) is 5.94. The number of hydrogen-bond acceptors (Lipinski definition) is 0. The third-order valence-corrected chi connectivity index (χ3v) is 9.40. The summed E-state index contributed by atoms with van der Waals surface area (Å²) in [7, 11) is 0. The number of benzene rings is 6. The lowest BCUT2D eigenvalue weighted by molar-refractivity contribution is 0.661. The monoisotopic (exact) mass is 530 g/mol. The van der Waals surface area contributed by atoms with Crippen LogP contribution in [0.3, 0.4) is 0 Å². The highest BCUT2D eigenvalue weighted by molar-refractivity contribution is 6.10. The zero-order valence-electron chi connectivity index (χ0n) is 25.0. The normalized spacial score (nSPS) is 13.8. The minimum Gasteiger partial charge on any atom is -0.0619 e. The Labute approximate surface area is 244 Å². The second kappa shape index (κ2) is 9.45. The van der Waals surface area contributed by atoms with Crippen molar-refractivity contribution in [3.63, 3.8) is 0 Å². The van der Waals surface area contributed by atoms with Gasteiger partial charge in [-0.1, -0.05) is 133 Å². The van der Waals surface area contributed by atoms with Gasteiger partial charge in [-0.05, 0) is 107 Å². The molecule has 0 atom stereocenters. The maximum atomic E-state index is 2.47. The van der Waals surface area contributed by atoms with Crippen LogP contribution in [0.4, 0.5) is 0 Å². The van der Waals surface area contributed by atoms with Gasteiger partial charge in [-0.2, -0.15) is 0 Å². The second-order valence-corrected chi connectivity index (χ2v) is 13.1. The molecule has 0 saturated heterocycles. The Hall–Kier alpha value is -4.16. The Morgan fingerprint density at radius 1 is 0.439 bits per heavy atom. The number of fused-ring (bicyclic) bond motifs is 6. The predicted octanol–water partition coefficient (Wildman–Crippen LogP) is 11.9. The van der Waals surface area contributed by atoms with Gasteiger partial charge in [0.1, 0.15) is 0 Å². The van der Waals surface area contributed by atoms with E-state index in [4.69, 9.17) is 0 Å². The number of hydrogen-bond donors (Lipinski definition) is 0. The molecule has 0 aromatic heterocycles. The molecule has 1 aliphatic carbocycles. The first-order valence-corrected chi connectivity index (χ1v) is 15.1. The topological polar surface area (TPSA) is 0 Å². The van der Waals surface area contributed by atoms with Gasteiger partial charge in [0.2, 0.25) is 0 Å². The summed E-state index contributed by atoms with van der Waals surface area (Å²) >= 11 is 0. The molecular weight excluding hydrogens is 492 g/mol. The summed E-state index contributed by atoms with van der Waals surface area (Å²) in [6.45, 7) is 13.9. The third kappa shape index (κ3) is 4.20. The summed E-state index contributed by atoms with van der Waals surface area (Å²) in [6, 6.07) is 41.6. The molecule has 1 aliphatic rings. The smallest absolute Gasteiger partial charge is 0.0159 e. The Balaban J connectivity index is 1.31. The van der Waals surface area contributed by atoms with Gasteiger partial charge in [-0.15, -0.1) is 0 Å². The van der Waals surface area contributed by atoms with E-state index >= 15 is 0 Å². The largest absolute Gasteiger partial charge is 0.0619 e. The maximum Gasteiger partial charge on any atom is 0.0159 e. The Morgan fingerprint density at radius 2 is 1.00 bits per heavy atom. The molecule has 6 aromatic carbocycles. The van der Waals surface area contributed by atoms with Gasteiger partial charge in [-0.25, -0.2) is 0 Å². The van der Waals surface area contributed by atoms with E-state index in [9.17, 15) is 0 Å². The SMILES string of the molecule is CC(C)c1cc(-c2ccc(-c3ccc4ccc5cc6c(cc5c4c3)C(C)(C)c3ccccc3-6)cc2)cc(C(C)C)c1. The molecule has 0 N–H and O–H groups in total. The summed E-state index contributed by atoms with van der Waals surface area (Å²) in [5.74, 6) is 1.03. The van der Waals surface area contributed by atoms with E-state index in [1.54, 1.807) is 0 Å². The molecule has 0 amide bonds. The summed E-state index contributed by atoms with van der Waals surface area (Å²) in [5, 5.41) is 5.26. The second-order valence-electron chi connectivity index (χ2n) is 13.1. The fourth-order valence-corrected chi connectivity index (χ4v) is 6.79. The van der Waals surface area contributed by atoms with Gasteiger partial charge in [0.25, 0.3) is 0 Å². The highest BCUT2D eigenvalue weighted by atomic mass is 14.4. The van der Waals surface area contributed by atoms with Crippen LogP contribution < -0.4 is 0 Å². The minimum absolute atomic E-state index is 0.00195. The molecule has 0 spiro atoms. The van der Waals surface area contributed by atoms with Crippen molar-refractivity contribution < 1.29 is 0 Å². The highest BCUT2D eigenvalue weighted by Crippen LogP contribution is 2.50. The van der Waals surface area contributed by atoms with E-state index in [1.807, 2.05) is 0 Å². The van der Waals surface area contributed by atoms with Crippen LogP contribution in [-0.4, -0.2) is 0 Å². The molecule has 0 aliphatic heterocycles. The lowest BCUT2D eigenvalue weighted by Gasteiger charge is -2.22. The lowest BCUT2D eigenvalue weighted by atomic mass is 9.81. The van der Waals surface area contributed by atoms with Gasteiger partial charge in [0, 0.05) is 5.41 Å². The average molecular weight is 531 g/mol. The van der Waals surface area contributed by atoms with Crippen LogP contribution in [-0.2, 0) is 5.41 Å². The molecule has 202 valence electrons. The van der Waals surface area contributed by atoms with Crippen molar-refractivity contribution in [1.29, 1.82) is 0 Å². The van der Waals surface area contributed by atoms with Crippen molar-refractivity contribution >= 4 is 21.5 Å². The molecule has 6 aromatic rings. The zero-order valence-corrected chi connectivity index (χ0v) is 25.0. The maximum absolute atomic E-state index is 2.47. The first kappa shape index (κ1) is 25.8. The van der Waals surface area contributed by atoms with Crippen LogP contribution in [0.15, 0.2) is 109 Å². The van der Waals surface area contributed by atoms with E-state index in [0.29, 0.717) is 11.8 Å². The van der Waals surface area contributed by atoms with Crippen LogP contribution in [0, 0.1) is 0 Å². The van der Waals surface area contributed by atoms with Gasteiger partial charge < -0.3 is 0 Å². The fourth-order valence-electron chi connectivity index (χ4n) is 6.79. The molecule has 0 bridgehead atoms. The molecule has 0 heteroatoms.